The summed E-state index contributed by atoms with van der Waals surface area (Å²) in [5, 5.41) is 12.3. The van der Waals surface area contributed by atoms with E-state index >= 15 is 0 Å². The van der Waals surface area contributed by atoms with Crippen LogP contribution < -0.4 is 0 Å². The predicted molar refractivity (Wildman–Crippen MR) is 96.5 cm³/mol. The molecule has 0 N–H and O–H groups in total. The molecule has 8 heteroatoms. The Morgan fingerprint density at radius 3 is 2.96 bits per heavy atom. The molecule has 1 atom stereocenters. The van der Waals surface area contributed by atoms with Gasteiger partial charge in [-0.1, -0.05) is 47.7 Å². The van der Waals surface area contributed by atoms with E-state index < -0.39 is 0 Å². The highest BCUT2D eigenvalue weighted by Gasteiger charge is 2.25. The Morgan fingerprint density at radius 1 is 1.33 bits per heavy atom. The fourth-order valence-corrected chi connectivity index (χ4v) is 3.09. The Bertz CT molecular complexity index is 1020. The van der Waals surface area contributed by atoms with E-state index in [-0.39, 0.29) is 17.8 Å². The molecular weight excluding hydrogens is 349 g/mol. The summed E-state index contributed by atoms with van der Waals surface area (Å²) in [6.45, 7) is 1.94. The second-order valence-corrected chi connectivity index (χ2v) is 6.03. The number of allylic oxidation sites excluding steroid dienone is 2. The Morgan fingerprint density at radius 2 is 2.19 bits per heavy atom. The molecule has 0 spiro atoms. The van der Waals surface area contributed by atoms with Gasteiger partial charge in [0.15, 0.2) is 5.69 Å². The van der Waals surface area contributed by atoms with Crippen LogP contribution in [0.5, 0.6) is 0 Å². The zero-order valence-electron chi connectivity index (χ0n) is 15.0. The maximum Gasteiger partial charge on any atom is 0.280 e. The van der Waals surface area contributed by atoms with Crippen LogP contribution in [-0.4, -0.2) is 38.3 Å². The minimum absolute atomic E-state index is 0.125. The Hall–Kier alpha value is -3.13. The first-order valence-electron chi connectivity index (χ1n) is 8.66. The molecule has 0 amide bonds. The number of halogens is 1. The van der Waals surface area contributed by atoms with Crippen molar-refractivity contribution in [2.45, 2.75) is 25.9 Å². The van der Waals surface area contributed by atoms with Crippen LogP contribution in [0, 0.1) is 5.82 Å². The minimum Gasteiger partial charge on any atom is -0.376 e. The first-order chi connectivity index (χ1) is 13.2. The van der Waals surface area contributed by atoms with Crippen LogP contribution >= 0.6 is 0 Å². The second-order valence-electron chi connectivity index (χ2n) is 6.03. The van der Waals surface area contributed by atoms with Gasteiger partial charge in [-0.25, -0.2) is 9.07 Å². The van der Waals surface area contributed by atoms with E-state index in [2.05, 4.69) is 20.5 Å². The van der Waals surface area contributed by atoms with E-state index in [1.165, 1.54) is 10.7 Å². The van der Waals surface area contributed by atoms with Gasteiger partial charge in [0.05, 0.1) is 11.8 Å². The summed E-state index contributed by atoms with van der Waals surface area (Å²) in [6, 6.07) is 6.41. The van der Waals surface area contributed by atoms with Crippen molar-refractivity contribution in [1.29, 1.82) is 0 Å². The molecule has 0 saturated heterocycles. The third-order valence-electron chi connectivity index (χ3n) is 4.46. The van der Waals surface area contributed by atoms with Crippen LogP contribution in [0.3, 0.4) is 0 Å². The number of methoxy groups -OCH3 is 1. The lowest BCUT2D eigenvalue weighted by molar-refractivity contribution is 0.149. The first kappa shape index (κ1) is 17.3. The number of ether oxygens (including phenoxy) is 1. The highest BCUT2D eigenvalue weighted by molar-refractivity contribution is 5.68. The Labute approximate surface area is 155 Å². The first-order valence-corrected chi connectivity index (χ1v) is 8.66. The molecule has 0 fully saturated rings. The highest BCUT2D eigenvalue weighted by Crippen LogP contribution is 2.28. The number of benzene rings is 1. The molecule has 0 bridgehead atoms. The summed E-state index contributed by atoms with van der Waals surface area (Å²) in [7, 11) is 1.65. The molecule has 3 aromatic rings. The number of hydrogen-bond acceptors (Lipinski definition) is 6. The van der Waals surface area contributed by atoms with E-state index in [0.29, 0.717) is 29.3 Å². The highest BCUT2D eigenvalue weighted by atomic mass is 19.1. The number of aromatic nitrogens is 5. The van der Waals surface area contributed by atoms with Crippen molar-refractivity contribution in [2.75, 3.05) is 7.11 Å². The average molecular weight is 367 g/mol. The van der Waals surface area contributed by atoms with Gasteiger partial charge in [0.2, 0.25) is 5.82 Å². The smallest absolute Gasteiger partial charge is 0.280 e. The lowest BCUT2D eigenvalue weighted by Crippen LogP contribution is -2.14. The van der Waals surface area contributed by atoms with E-state index in [1.54, 1.807) is 25.3 Å². The normalized spacial score (nSPS) is 16.6. The van der Waals surface area contributed by atoms with Gasteiger partial charge in [-0.2, -0.15) is 4.98 Å². The molecule has 138 valence electrons. The van der Waals surface area contributed by atoms with Crippen molar-refractivity contribution in [3.05, 3.63) is 59.8 Å². The molecule has 1 aromatic carbocycles. The molecule has 27 heavy (non-hydrogen) atoms. The van der Waals surface area contributed by atoms with Crippen molar-refractivity contribution in [3.8, 4) is 17.3 Å². The van der Waals surface area contributed by atoms with Crippen LogP contribution in [0.15, 0.2) is 47.0 Å². The molecule has 0 saturated carbocycles. The van der Waals surface area contributed by atoms with E-state index in [0.717, 1.165) is 12.0 Å². The van der Waals surface area contributed by atoms with Crippen LogP contribution in [0.2, 0.25) is 0 Å². The molecule has 2 aromatic heterocycles. The molecule has 1 unspecified atom stereocenters. The fraction of sp³-hybridized carbons (Fsp3) is 0.263. The summed E-state index contributed by atoms with van der Waals surface area (Å²) < 4.78 is 26.5. The van der Waals surface area contributed by atoms with Crippen molar-refractivity contribution in [2.24, 2.45) is 0 Å². The lowest BCUT2D eigenvalue weighted by Gasteiger charge is -2.16. The van der Waals surface area contributed by atoms with E-state index in [9.17, 15) is 4.39 Å². The molecule has 0 aliphatic heterocycles. The summed E-state index contributed by atoms with van der Waals surface area (Å²) in [5.74, 6) is 0.315. The van der Waals surface area contributed by atoms with Gasteiger partial charge in [0.1, 0.15) is 11.5 Å². The van der Waals surface area contributed by atoms with Crippen LogP contribution in [0.4, 0.5) is 4.39 Å². The molecule has 4 rings (SSSR count). The summed E-state index contributed by atoms with van der Waals surface area (Å²) >= 11 is 0. The van der Waals surface area contributed by atoms with Gasteiger partial charge < -0.3 is 9.26 Å². The number of hydrogen-bond donors (Lipinski definition) is 0. The third-order valence-corrected chi connectivity index (χ3v) is 4.46. The monoisotopic (exact) mass is 367 g/mol. The summed E-state index contributed by atoms with van der Waals surface area (Å²) in [5.41, 5.74) is 2.30. The summed E-state index contributed by atoms with van der Waals surface area (Å²) in [4.78, 5) is 4.47. The molecule has 2 heterocycles. The quantitative estimate of drug-likeness (QED) is 0.688. The van der Waals surface area contributed by atoms with Crippen molar-refractivity contribution < 1.29 is 13.7 Å². The van der Waals surface area contributed by atoms with Crippen LogP contribution in [0.25, 0.3) is 22.8 Å². The standard InChI is InChI=1S/C19H18FN5O2/c1-3-14-17(22-24-25(14)15-10-6-5-9-13(15)20)19-21-18(23-27-19)12-8-4-7-11-16(12)26-2/h4-10,16H,3,11H2,1-2H3. The Balaban J connectivity index is 1.73. The zero-order valence-corrected chi connectivity index (χ0v) is 15.0. The lowest BCUT2D eigenvalue weighted by atomic mass is 10.0. The van der Waals surface area contributed by atoms with Gasteiger partial charge >= 0.3 is 0 Å². The zero-order chi connectivity index (χ0) is 18.8. The van der Waals surface area contributed by atoms with Gasteiger partial charge in [-0.05, 0) is 25.0 Å². The SMILES string of the molecule is CCc1c(-c2nc(C3=CC=CCC3OC)no2)nnn1-c1ccccc1F. The number of nitrogens with zero attached hydrogens (tertiary/aromatic N) is 5. The number of para-hydroxylation sites is 1. The predicted octanol–water partition coefficient (Wildman–Crippen LogP) is 3.38. The molecule has 0 radical (unpaired) electrons. The fourth-order valence-electron chi connectivity index (χ4n) is 3.09. The molecular formula is C19H18FN5O2. The molecule has 7 nitrogen and oxygen atoms in total. The third kappa shape index (κ3) is 3.08. The second kappa shape index (κ2) is 7.24. The minimum atomic E-state index is -0.378. The van der Waals surface area contributed by atoms with Crippen LogP contribution in [-0.2, 0) is 11.2 Å². The Kier molecular flexibility index (Phi) is 4.64. The van der Waals surface area contributed by atoms with Gasteiger partial charge in [-0.3, -0.25) is 0 Å². The van der Waals surface area contributed by atoms with Crippen molar-refractivity contribution in [1.82, 2.24) is 25.1 Å². The average Bonchev–Trinajstić information content (AvgIpc) is 3.35. The van der Waals surface area contributed by atoms with Gasteiger partial charge in [-0.15, -0.1) is 5.10 Å². The topological polar surface area (TPSA) is 78.9 Å². The largest absolute Gasteiger partial charge is 0.376 e. The van der Waals surface area contributed by atoms with Crippen molar-refractivity contribution >= 4 is 5.57 Å². The van der Waals surface area contributed by atoms with Gasteiger partial charge in [0.25, 0.3) is 5.89 Å². The molecule has 1 aliphatic rings. The van der Waals surface area contributed by atoms with Crippen LogP contribution in [0.1, 0.15) is 24.9 Å². The van der Waals surface area contributed by atoms with Gasteiger partial charge in [0, 0.05) is 12.7 Å². The maximum atomic E-state index is 14.2. The van der Waals surface area contributed by atoms with E-state index in [1.807, 2.05) is 25.2 Å². The summed E-state index contributed by atoms with van der Waals surface area (Å²) in [6.07, 6.45) is 7.06. The maximum absolute atomic E-state index is 14.2. The van der Waals surface area contributed by atoms with Crippen molar-refractivity contribution in [3.63, 3.8) is 0 Å². The van der Waals surface area contributed by atoms with E-state index in [4.69, 9.17) is 9.26 Å². The number of rotatable bonds is 5. The molecule has 1 aliphatic carbocycles.